The zero-order valence-electron chi connectivity index (χ0n) is 12.3. The monoisotopic (exact) mass is 251 g/mol. The Morgan fingerprint density at radius 2 is 2.06 bits per heavy atom. The summed E-state index contributed by atoms with van der Waals surface area (Å²) in [5, 5.41) is 3.67. The second-order valence-corrected chi connectivity index (χ2v) is 5.14. The van der Waals surface area contributed by atoms with E-state index in [9.17, 15) is 0 Å². The van der Waals surface area contributed by atoms with Gasteiger partial charge in [0.1, 0.15) is 5.82 Å². The van der Waals surface area contributed by atoms with Gasteiger partial charge in [-0.25, -0.2) is 4.98 Å². The number of aryl methyl sites for hydroxylation is 2. The second-order valence-electron chi connectivity index (χ2n) is 5.14. The normalized spacial score (nSPS) is 12.8. The maximum Gasteiger partial charge on any atom is 0.108 e. The molecule has 0 bridgehead atoms. The van der Waals surface area contributed by atoms with Gasteiger partial charge in [0.2, 0.25) is 0 Å². The van der Waals surface area contributed by atoms with E-state index in [1.54, 1.807) is 0 Å². The van der Waals surface area contributed by atoms with E-state index in [0.29, 0.717) is 6.04 Å². The summed E-state index contributed by atoms with van der Waals surface area (Å²) in [5.74, 6) is 1.20. The topological polar surface area (TPSA) is 29.9 Å². The summed E-state index contributed by atoms with van der Waals surface area (Å²) in [5.41, 5.74) is 0. The van der Waals surface area contributed by atoms with Crippen molar-refractivity contribution in [2.75, 3.05) is 6.54 Å². The molecular weight excluding hydrogens is 222 g/mol. The first kappa shape index (κ1) is 15.2. The minimum absolute atomic E-state index is 0.660. The minimum Gasteiger partial charge on any atom is -0.338 e. The molecule has 0 aromatic carbocycles. The predicted octanol–water partition coefficient (Wildman–Crippen LogP) is 3.30. The van der Waals surface area contributed by atoms with Gasteiger partial charge in [0, 0.05) is 31.9 Å². The molecule has 1 aromatic rings. The van der Waals surface area contributed by atoms with Crippen LogP contribution in [0.3, 0.4) is 0 Å². The molecule has 0 fully saturated rings. The number of rotatable bonds is 10. The number of nitrogens with zero attached hydrogens (tertiary/aromatic N) is 2. The lowest BCUT2D eigenvalue weighted by molar-refractivity contribution is 0.430. The molecule has 0 aliphatic carbocycles. The predicted molar refractivity (Wildman–Crippen MR) is 77.8 cm³/mol. The van der Waals surface area contributed by atoms with Crippen molar-refractivity contribution in [2.45, 2.75) is 64.8 Å². The number of hydrogen-bond acceptors (Lipinski definition) is 2. The average Bonchev–Trinajstić information content (AvgIpc) is 2.78. The summed E-state index contributed by atoms with van der Waals surface area (Å²) in [6.45, 7) is 5.63. The lowest BCUT2D eigenvalue weighted by Gasteiger charge is -2.18. The van der Waals surface area contributed by atoms with Crippen LogP contribution in [0.5, 0.6) is 0 Å². The number of nitrogens with one attached hydrogen (secondary N) is 1. The minimum atomic E-state index is 0.660. The van der Waals surface area contributed by atoms with Gasteiger partial charge in [-0.1, -0.05) is 33.1 Å². The molecule has 18 heavy (non-hydrogen) atoms. The highest BCUT2D eigenvalue weighted by Crippen LogP contribution is 2.10. The fraction of sp³-hybridized carbons (Fsp3) is 0.800. The first-order valence-electron chi connectivity index (χ1n) is 7.47. The maximum atomic E-state index is 4.40. The van der Waals surface area contributed by atoms with Crippen LogP contribution in [0, 0.1) is 0 Å². The van der Waals surface area contributed by atoms with E-state index in [-0.39, 0.29) is 0 Å². The van der Waals surface area contributed by atoms with E-state index in [2.05, 4.69) is 35.8 Å². The van der Waals surface area contributed by atoms with E-state index in [4.69, 9.17) is 0 Å². The number of unbranched alkanes of at least 4 members (excludes halogenated alkanes) is 2. The summed E-state index contributed by atoms with van der Waals surface area (Å²) < 4.78 is 2.13. The molecule has 1 heterocycles. The van der Waals surface area contributed by atoms with Crippen molar-refractivity contribution in [1.82, 2.24) is 14.9 Å². The van der Waals surface area contributed by atoms with Crippen molar-refractivity contribution < 1.29 is 0 Å². The van der Waals surface area contributed by atoms with Crippen LogP contribution in [-0.4, -0.2) is 22.1 Å². The van der Waals surface area contributed by atoms with Crippen LogP contribution in [0.25, 0.3) is 0 Å². The van der Waals surface area contributed by atoms with E-state index in [1.165, 1.54) is 44.3 Å². The molecule has 1 rings (SSSR count). The Kier molecular flexibility index (Phi) is 7.74. The molecule has 0 aliphatic rings. The first-order valence-corrected chi connectivity index (χ1v) is 7.47. The molecule has 3 heteroatoms. The molecule has 0 saturated heterocycles. The Labute approximate surface area is 112 Å². The highest BCUT2D eigenvalue weighted by atomic mass is 15.0. The molecule has 0 spiro atoms. The van der Waals surface area contributed by atoms with Crippen LogP contribution in [0.1, 0.15) is 58.2 Å². The summed E-state index contributed by atoms with van der Waals surface area (Å²) >= 11 is 0. The first-order chi connectivity index (χ1) is 8.77. The van der Waals surface area contributed by atoms with Crippen molar-refractivity contribution in [3.8, 4) is 0 Å². The average molecular weight is 251 g/mol. The zero-order chi connectivity index (χ0) is 13.2. The highest BCUT2D eigenvalue weighted by Gasteiger charge is 2.09. The van der Waals surface area contributed by atoms with E-state index < -0.39 is 0 Å². The van der Waals surface area contributed by atoms with Crippen LogP contribution < -0.4 is 5.32 Å². The summed E-state index contributed by atoms with van der Waals surface area (Å²) in [6, 6.07) is 0.660. The molecule has 0 amide bonds. The van der Waals surface area contributed by atoms with Crippen molar-refractivity contribution in [1.29, 1.82) is 0 Å². The number of aromatic nitrogens is 2. The van der Waals surface area contributed by atoms with E-state index in [0.717, 1.165) is 13.0 Å². The van der Waals surface area contributed by atoms with Crippen molar-refractivity contribution in [2.24, 2.45) is 7.05 Å². The van der Waals surface area contributed by atoms with E-state index >= 15 is 0 Å². The fourth-order valence-corrected chi connectivity index (χ4v) is 2.28. The molecule has 1 aromatic heterocycles. The SMILES string of the molecule is CCCCCC(CCc1nccn1C)NCCC. The third-order valence-electron chi connectivity index (χ3n) is 3.48. The van der Waals surface area contributed by atoms with Gasteiger partial charge in [-0.05, 0) is 25.8 Å². The van der Waals surface area contributed by atoms with Crippen LogP contribution >= 0.6 is 0 Å². The Morgan fingerprint density at radius 3 is 2.67 bits per heavy atom. The molecule has 1 atom stereocenters. The quantitative estimate of drug-likeness (QED) is 0.647. The van der Waals surface area contributed by atoms with E-state index in [1.807, 2.05) is 12.4 Å². The third-order valence-corrected chi connectivity index (χ3v) is 3.48. The summed E-state index contributed by atoms with van der Waals surface area (Å²) in [4.78, 5) is 4.40. The number of imidazole rings is 1. The Bertz CT molecular complexity index is 306. The lowest BCUT2D eigenvalue weighted by Crippen LogP contribution is -2.30. The molecule has 0 aliphatic heterocycles. The molecule has 104 valence electrons. The Morgan fingerprint density at radius 1 is 1.22 bits per heavy atom. The summed E-state index contributed by atoms with van der Waals surface area (Å²) in [6.07, 6.45) is 12.7. The van der Waals surface area contributed by atoms with Crippen molar-refractivity contribution >= 4 is 0 Å². The van der Waals surface area contributed by atoms with Gasteiger partial charge < -0.3 is 9.88 Å². The van der Waals surface area contributed by atoms with Crippen LogP contribution in [0.4, 0.5) is 0 Å². The van der Waals surface area contributed by atoms with Gasteiger partial charge >= 0.3 is 0 Å². The molecule has 0 saturated carbocycles. The van der Waals surface area contributed by atoms with Gasteiger partial charge in [0.05, 0.1) is 0 Å². The van der Waals surface area contributed by atoms with Gasteiger partial charge in [0.25, 0.3) is 0 Å². The lowest BCUT2D eigenvalue weighted by atomic mass is 10.0. The van der Waals surface area contributed by atoms with Gasteiger partial charge in [-0.15, -0.1) is 0 Å². The standard InChI is InChI=1S/C15H29N3/c1-4-6-7-8-14(16-11-5-2)9-10-15-17-12-13-18(15)3/h12-14,16H,4-11H2,1-3H3. The third kappa shape index (κ3) is 5.67. The molecule has 0 radical (unpaired) electrons. The van der Waals surface area contributed by atoms with Gasteiger partial charge in [0.15, 0.2) is 0 Å². The summed E-state index contributed by atoms with van der Waals surface area (Å²) in [7, 11) is 2.08. The molecule has 1 N–H and O–H groups in total. The second kappa shape index (κ2) is 9.15. The van der Waals surface area contributed by atoms with Crippen molar-refractivity contribution in [3.63, 3.8) is 0 Å². The van der Waals surface area contributed by atoms with Crippen LogP contribution in [0.15, 0.2) is 12.4 Å². The number of hydrogen-bond donors (Lipinski definition) is 1. The maximum absolute atomic E-state index is 4.40. The van der Waals surface area contributed by atoms with Gasteiger partial charge in [-0.2, -0.15) is 0 Å². The largest absolute Gasteiger partial charge is 0.338 e. The van der Waals surface area contributed by atoms with Crippen molar-refractivity contribution in [3.05, 3.63) is 18.2 Å². The molecule has 3 nitrogen and oxygen atoms in total. The molecule has 1 unspecified atom stereocenters. The highest BCUT2D eigenvalue weighted by molar-refractivity contribution is 4.92. The van der Waals surface area contributed by atoms with Gasteiger partial charge in [-0.3, -0.25) is 0 Å². The fourth-order valence-electron chi connectivity index (χ4n) is 2.28. The van der Waals surface area contributed by atoms with Crippen LogP contribution in [0.2, 0.25) is 0 Å². The van der Waals surface area contributed by atoms with Crippen LogP contribution in [-0.2, 0) is 13.5 Å². The smallest absolute Gasteiger partial charge is 0.108 e. The Balaban J connectivity index is 2.32. The molecular formula is C15H29N3. The zero-order valence-corrected chi connectivity index (χ0v) is 12.3. The Hall–Kier alpha value is -0.830.